The maximum absolute atomic E-state index is 4.45. The second kappa shape index (κ2) is 6.31. The van der Waals surface area contributed by atoms with Crippen LogP contribution in [0.15, 0.2) is 24.7 Å². The third-order valence-corrected chi connectivity index (χ3v) is 2.91. The molecule has 2 aromatic heterocycles. The Labute approximate surface area is 108 Å². The fourth-order valence-electron chi connectivity index (χ4n) is 1.93. The van der Waals surface area contributed by atoms with Crippen molar-refractivity contribution in [3.05, 3.63) is 35.9 Å². The molecule has 4 heteroatoms. The first kappa shape index (κ1) is 12.8. The maximum atomic E-state index is 4.45. The number of pyridine rings is 1. The van der Waals surface area contributed by atoms with E-state index in [4.69, 9.17) is 0 Å². The van der Waals surface area contributed by atoms with Crippen molar-refractivity contribution in [2.45, 2.75) is 33.2 Å². The number of aromatic nitrogens is 3. The third kappa shape index (κ3) is 2.96. The SMILES string of the molecule is CCCNCc1cnc(-c2ccncc2CC)[nH]1. The largest absolute Gasteiger partial charge is 0.341 e. The smallest absolute Gasteiger partial charge is 0.137 e. The highest BCUT2D eigenvalue weighted by Crippen LogP contribution is 2.20. The minimum atomic E-state index is 0.841. The van der Waals surface area contributed by atoms with Gasteiger partial charge in [-0.15, -0.1) is 0 Å². The molecule has 0 atom stereocenters. The van der Waals surface area contributed by atoms with E-state index >= 15 is 0 Å². The van der Waals surface area contributed by atoms with Crippen LogP contribution in [0.5, 0.6) is 0 Å². The van der Waals surface area contributed by atoms with Gasteiger partial charge in [0.25, 0.3) is 0 Å². The quantitative estimate of drug-likeness (QED) is 0.768. The molecule has 2 N–H and O–H groups in total. The molecule has 2 aromatic rings. The van der Waals surface area contributed by atoms with E-state index in [1.54, 1.807) is 0 Å². The van der Waals surface area contributed by atoms with Crippen LogP contribution in [-0.4, -0.2) is 21.5 Å². The van der Waals surface area contributed by atoms with Crippen LogP contribution < -0.4 is 5.32 Å². The van der Waals surface area contributed by atoms with E-state index in [1.807, 2.05) is 24.7 Å². The van der Waals surface area contributed by atoms with E-state index in [1.165, 1.54) is 5.56 Å². The van der Waals surface area contributed by atoms with Gasteiger partial charge < -0.3 is 10.3 Å². The highest BCUT2D eigenvalue weighted by atomic mass is 15.0. The number of H-pyrrole nitrogens is 1. The van der Waals surface area contributed by atoms with Crippen LogP contribution in [0.25, 0.3) is 11.4 Å². The maximum Gasteiger partial charge on any atom is 0.137 e. The Morgan fingerprint density at radius 3 is 2.94 bits per heavy atom. The minimum absolute atomic E-state index is 0.841. The predicted octanol–water partition coefficient (Wildman–Crippen LogP) is 2.53. The minimum Gasteiger partial charge on any atom is -0.341 e. The molecular formula is C14H20N4. The molecule has 0 fully saturated rings. The number of hydrogen-bond donors (Lipinski definition) is 2. The van der Waals surface area contributed by atoms with Crippen molar-refractivity contribution in [2.24, 2.45) is 0 Å². The van der Waals surface area contributed by atoms with E-state index in [2.05, 4.69) is 34.1 Å². The molecule has 0 aliphatic carbocycles. The first-order valence-corrected chi connectivity index (χ1v) is 6.53. The summed E-state index contributed by atoms with van der Waals surface area (Å²) in [6.07, 6.45) is 7.73. The third-order valence-electron chi connectivity index (χ3n) is 2.91. The molecule has 0 amide bonds. The fourth-order valence-corrected chi connectivity index (χ4v) is 1.93. The summed E-state index contributed by atoms with van der Waals surface area (Å²) >= 11 is 0. The molecule has 0 spiro atoms. The van der Waals surface area contributed by atoms with Crippen molar-refractivity contribution in [3.63, 3.8) is 0 Å². The Balaban J connectivity index is 2.13. The molecular weight excluding hydrogens is 224 g/mol. The number of rotatable bonds is 6. The number of imidazole rings is 1. The molecule has 0 unspecified atom stereocenters. The second-order valence-electron chi connectivity index (χ2n) is 4.32. The average Bonchev–Trinajstić information content (AvgIpc) is 2.88. The van der Waals surface area contributed by atoms with Gasteiger partial charge in [0.1, 0.15) is 5.82 Å². The highest BCUT2D eigenvalue weighted by molar-refractivity contribution is 5.59. The van der Waals surface area contributed by atoms with E-state index in [0.717, 1.165) is 43.0 Å². The van der Waals surface area contributed by atoms with Crippen molar-refractivity contribution in [1.82, 2.24) is 20.3 Å². The molecule has 0 saturated heterocycles. The first-order valence-electron chi connectivity index (χ1n) is 6.53. The zero-order chi connectivity index (χ0) is 12.8. The molecule has 0 aromatic carbocycles. The zero-order valence-corrected chi connectivity index (χ0v) is 11.0. The van der Waals surface area contributed by atoms with Crippen molar-refractivity contribution >= 4 is 0 Å². The topological polar surface area (TPSA) is 53.6 Å². The number of aromatic amines is 1. The van der Waals surface area contributed by atoms with Gasteiger partial charge in [-0.05, 0) is 31.0 Å². The lowest BCUT2D eigenvalue weighted by molar-refractivity contribution is 0.666. The van der Waals surface area contributed by atoms with E-state index in [-0.39, 0.29) is 0 Å². The lowest BCUT2D eigenvalue weighted by Crippen LogP contribution is -2.13. The number of nitrogens with zero attached hydrogens (tertiary/aromatic N) is 2. The van der Waals surface area contributed by atoms with E-state index < -0.39 is 0 Å². The summed E-state index contributed by atoms with van der Waals surface area (Å²) in [5, 5.41) is 3.36. The van der Waals surface area contributed by atoms with Crippen molar-refractivity contribution in [2.75, 3.05) is 6.54 Å². The number of hydrogen-bond acceptors (Lipinski definition) is 3. The Morgan fingerprint density at radius 2 is 2.17 bits per heavy atom. The van der Waals surface area contributed by atoms with Crippen molar-refractivity contribution < 1.29 is 0 Å². The van der Waals surface area contributed by atoms with Gasteiger partial charge in [0.05, 0.1) is 0 Å². The number of nitrogens with one attached hydrogen (secondary N) is 2. The second-order valence-corrected chi connectivity index (χ2v) is 4.32. The lowest BCUT2D eigenvalue weighted by Gasteiger charge is -2.03. The van der Waals surface area contributed by atoms with Crippen LogP contribution in [0.4, 0.5) is 0 Å². The normalized spacial score (nSPS) is 10.8. The molecule has 0 saturated carbocycles. The molecule has 2 heterocycles. The summed E-state index contributed by atoms with van der Waals surface area (Å²) in [5.41, 5.74) is 3.49. The molecule has 0 aliphatic rings. The van der Waals surface area contributed by atoms with Gasteiger partial charge in [-0.1, -0.05) is 13.8 Å². The summed E-state index contributed by atoms with van der Waals surface area (Å²) in [7, 11) is 0. The standard InChI is InChI=1S/C14H20N4/c1-3-6-15-9-12-10-17-14(18-12)13-5-7-16-8-11(13)4-2/h5,7-8,10,15H,3-4,6,9H2,1-2H3,(H,17,18). The highest BCUT2D eigenvalue weighted by Gasteiger charge is 2.07. The molecule has 0 aliphatic heterocycles. The van der Waals surface area contributed by atoms with Crippen LogP contribution >= 0.6 is 0 Å². The van der Waals surface area contributed by atoms with E-state index in [0.29, 0.717) is 0 Å². The monoisotopic (exact) mass is 244 g/mol. The molecule has 0 bridgehead atoms. The van der Waals surface area contributed by atoms with Crippen LogP contribution in [0, 0.1) is 0 Å². The van der Waals surface area contributed by atoms with Gasteiger partial charge >= 0.3 is 0 Å². The zero-order valence-electron chi connectivity index (χ0n) is 11.0. The molecule has 0 radical (unpaired) electrons. The van der Waals surface area contributed by atoms with Gasteiger partial charge in [-0.2, -0.15) is 0 Å². The predicted molar refractivity (Wildman–Crippen MR) is 73.2 cm³/mol. The Kier molecular flexibility index (Phi) is 4.47. The summed E-state index contributed by atoms with van der Waals surface area (Å²) in [5.74, 6) is 0.933. The van der Waals surface area contributed by atoms with Gasteiger partial charge in [-0.25, -0.2) is 4.98 Å². The molecule has 2 rings (SSSR count). The average molecular weight is 244 g/mol. The van der Waals surface area contributed by atoms with Crippen LogP contribution in [-0.2, 0) is 13.0 Å². The van der Waals surface area contributed by atoms with E-state index in [9.17, 15) is 0 Å². The molecule has 18 heavy (non-hydrogen) atoms. The Morgan fingerprint density at radius 1 is 1.28 bits per heavy atom. The van der Waals surface area contributed by atoms with Crippen molar-refractivity contribution in [3.8, 4) is 11.4 Å². The van der Waals surface area contributed by atoms with Gasteiger partial charge in [0, 0.05) is 36.4 Å². The van der Waals surface area contributed by atoms with Crippen LogP contribution in [0.2, 0.25) is 0 Å². The van der Waals surface area contributed by atoms with Crippen LogP contribution in [0.3, 0.4) is 0 Å². The molecule has 4 nitrogen and oxygen atoms in total. The van der Waals surface area contributed by atoms with Gasteiger partial charge in [-0.3, -0.25) is 4.98 Å². The van der Waals surface area contributed by atoms with Gasteiger partial charge in [0.15, 0.2) is 0 Å². The fraction of sp³-hybridized carbons (Fsp3) is 0.429. The summed E-state index contributed by atoms with van der Waals surface area (Å²) < 4.78 is 0. The van der Waals surface area contributed by atoms with Crippen LogP contribution in [0.1, 0.15) is 31.5 Å². The summed E-state index contributed by atoms with van der Waals surface area (Å²) in [4.78, 5) is 12.0. The lowest BCUT2D eigenvalue weighted by atomic mass is 10.1. The Hall–Kier alpha value is -1.68. The summed E-state index contributed by atoms with van der Waals surface area (Å²) in [6.45, 7) is 6.17. The van der Waals surface area contributed by atoms with Gasteiger partial charge in [0.2, 0.25) is 0 Å². The summed E-state index contributed by atoms with van der Waals surface area (Å²) in [6, 6.07) is 2.01. The van der Waals surface area contributed by atoms with Crippen molar-refractivity contribution in [1.29, 1.82) is 0 Å². The first-order chi connectivity index (χ1) is 8.85. The number of aryl methyl sites for hydroxylation is 1. The molecule has 96 valence electrons. The Bertz CT molecular complexity index is 490.